The highest BCUT2D eigenvalue weighted by atomic mass is 35.5. The first kappa shape index (κ1) is 22.3. The summed E-state index contributed by atoms with van der Waals surface area (Å²) in [5.41, 5.74) is 3.34. The van der Waals surface area contributed by atoms with Crippen LogP contribution >= 0.6 is 23.2 Å². The molecule has 0 saturated carbocycles. The van der Waals surface area contributed by atoms with Crippen LogP contribution in [0.15, 0.2) is 54.2 Å². The SMILES string of the molecule is CN(CC(=O)/C=C1/N(C)c2ccccc2C1(C)C)CC(=O)Nc1c(Cl)cccc1Cl. The molecule has 0 aliphatic carbocycles. The van der Waals surface area contributed by atoms with E-state index >= 15 is 0 Å². The van der Waals surface area contributed by atoms with Crippen molar-refractivity contribution in [1.29, 1.82) is 0 Å². The van der Waals surface area contributed by atoms with E-state index in [1.54, 1.807) is 36.2 Å². The van der Waals surface area contributed by atoms with E-state index in [-0.39, 0.29) is 30.2 Å². The molecule has 0 spiro atoms. The second-order valence-electron chi connectivity index (χ2n) is 8.01. The molecule has 0 atom stereocenters. The van der Waals surface area contributed by atoms with Crippen LogP contribution < -0.4 is 10.2 Å². The van der Waals surface area contributed by atoms with Gasteiger partial charge in [-0.25, -0.2) is 0 Å². The minimum Gasteiger partial charge on any atom is -0.347 e. The van der Waals surface area contributed by atoms with Gasteiger partial charge in [-0.05, 0) is 30.8 Å². The predicted molar refractivity (Wildman–Crippen MR) is 124 cm³/mol. The summed E-state index contributed by atoms with van der Waals surface area (Å²) in [5, 5.41) is 3.44. The Morgan fingerprint density at radius 3 is 2.33 bits per heavy atom. The van der Waals surface area contributed by atoms with Crippen LogP contribution in [-0.4, -0.2) is 43.8 Å². The van der Waals surface area contributed by atoms with Crippen molar-refractivity contribution in [3.63, 3.8) is 0 Å². The Labute approximate surface area is 187 Å². The number of rotatable bonds is 6. The summed E-state index contributed by atoms with van der Waals surface area (Å²) >= 11 is 12.2. The number of nitrogens with one attached hydrogen (secondary N) is 1. The molecule has 1 aliphatic rings. The highest BCUT2D eigenvalue weighted by molar-refractivity contribution is 6.39. The maximum Gasteiger partial charge on any atom is 0.238 e. The summed E-state index contributed by atoms with van der Waals surface area (Å²) in [5.74, 6) is -0.359. The number of carbonyl (C=O) groups excluding carboxylic acids is 2. The van der Waals surface area contributed by atoms with Gasteiger partial charge < -0.3 is 10.2 Å². The lowest BCUT2D eigenvalue weighted by Gasteiger charge is -2.24. The van der Waals surface area contributed by atoms with Gasteiger partial charge in [-0.3, -0.25) is 14.5 Å². The van der Waals surface area contributed by atoms with E-state index in [0.29, 0.717) is 15.7 Å². The van der Waals surface area contributed by atoms with Crippen LogP contribution in [0, 0.1) is 0 Å². The zero-order valence-corrected chi connectivity index (χ0v) is 19.0. The number of likely N-dealkylation sites (N-methyl/N-ethyl adjacent to an activating group) is 2. The number of allylic oxidation sites excluding steroid dienone is 1. The first-order valence-electron chi connectivity index (χ1n) is 9.62. The quantitative estimate of drug-likeness (QED) is 0.652. The summed E-state index contributed by atoms with van der Waals surface area (Å²) in [6.45, 7) is 4.38. The summed E-state index contributed by atoms with van der Waals surface area (Å²) in [6.07, 6.45) is 1.68. The van der Waals surface area contributed by atoms with Crippen molar-refractivity contribution in [1.82, 2.24) is 4.90 Å². The van der Waals surface area contributed by atoms with E-state index in [1.165, 1.54) is 5.56 Å². The fourth-order valence-electron chi connectivity index (χ4n) is 3.82. The average molecular weight is 446 g/mol. The zero-order chi connectivity index (χ0) is 22.1. The predicted octanol–water partition coefficient (Wildman–Crippen LogP) is 4.74. The molecule has 1 aliphatic heterocycles. The van der Waals surface area contributed by atoms with Crippen LogP contribution in [0.5, 0.6) is 0 Å². The minimum absolute atomic E-state index is 0.0376. The van der Waals surface area contributed by atoms with Crippen LogP contribution in [-0.2, 0) is 15.0 Å². The fraction of sp³-hybridized carbons (Fsp3) is 0.304. The minimum atomic E-state index is -0.293. The van der Waals surface area contributed by atoms with Gasteiger partial charge in [0.25, 0.3) is 0 Å². The van der Waals surface area contributed by atoms with Crippen molar-refractivity contribution in [3.8, 4) is 0 Å². The molecule has 0 fully saturated rings. The number of carbonyl (C=O) groups is 2. The third kappa shape index (κ3) is 4.53. The third-order valence-electron chi connectivity index (χ3n) is 5.30. The molecule has 1 amide bonds. The molecule has 1 heterocycles. The molecule has 2 aromatic rings. The molecule has 5 nitrogen and oxygen atoms in total. The van der Waals surface area contributed by atoms with E-state index in [1.807, 2.05) is 19.2 Å². The second kappa shape index (κ2) is 8.80. The number of ketones is 1. The summed E-state index contributed by atoms with van der Waals surface area (Å²) in [7, 11) is 3.69. The Morgan fingerprint density at radius 2 is 1.70 bits per heavy atom. The van der Waals surface area contributed by atoms with Crippen molar-refractivity contribution >= 4 is 46.3 Å². The summed E-state index contributed by atoms with van der Waals surface area (Å²) in [6, 6.07) is 13.2. The third-order valence-corrected chi connectivity index (χ3v) is 5.93. The van der Waals surface area contributed by atoms with Gasteiger partial charge in [0.05, 0.1) is 28.8 Å². The number of amides is 1. The maximum atomic E-state index is 12.7. The van der Waals surface area contributed by atoms with Crippen LogP contribution in [0.1, 0.15) is 19.4 Å². The Kier molecular flexibility index (Phi) is 6.56. The number of nitrogens with zero attached hydrogens (tertiary/aromatic N) is 2. The van der Waals surface area contributed by atoms with Crippen molar-refractivity contribution < 1.29 is 9.59 Å². The lowest BCUT2D eigenvalue weighted by atomic mass is 9.83. The Balaban J connectivity index is 1.64. The van der Waals surface area contributed by atoms with Gasteiger partial charge in [0.15, 0.2) is 5.78 Å². The Morgan fingerprint density at radius 1 is 1.07 bits per heavy atom. The number of hydrogen-bond acceptors (Lipinski definition) is 4. The number of hydrogen-bond donors (Lipinski definition) is 1. The normalized spacial score (nSPS) is 16.1. The number of para-hydroxylation sites is 2. The number of halogens is 2. The van der Waals surface area contributed by atoms with E-state index < -0.39 is 0 Å². The molecule has 0 radical (unpaired) electrons. The van der Waals surface area contributed by atoms with Crippen LogP contribution in [0.4, 0.5) is 11.4 Å². The monoisotopic (exact) mass is 445 g/mol. The number of benzene rings is 2. The topological polar surface area (TPSA) is 52.7 Å². The van der Waals surface area contributed by atoms with Crippen molar-refractivity contribution in [3.05, 3.63) is 69.8 Å². The Bertz CT molecular complexity index is 997. The first-order valence-corrected chi connectivity index (χ1v) is 10.4. The molecule has 158 valence electrons. The van der Waals surface area contributed by atoms with E-state index in [4.69, 9.17) is 23.2 Å². The fourth-order valence-corrected chi connectivity index (χ4v) is 4.31. The van der Waals surface area contributed by atoms with E-state index in [9.17, 15) is 9.59 Å². The maximum absolute atomic E-state index is 12.7. The lowest BCUT2D eigenvalue weighted by molar-refractivity contribution is -0.118. The highest BCUT2D eigenvalue weighted by Gasteiger charge is 2.38. The number of anilines is 2. The van der Waals surface area contributed by atoms with Gasteiger partial charge in [-0.15, -0.1) is 0 Å². The summed E-state index contributed by atoms with van der Waals surface area (Å²) in [4.78, 5) is 28.8. The first-order chi connectivity index (χ1) is 14.1. The highest BCUT2D eigenvalue weighted by Crippen LogP contribution is 2.46. The number of fused-ring (bicyclic) bond motifs is 1. The van der Waals surface area contributed by atoms with E-state index in [0.717, 1.165) is 11.4 Å². The Hall–Kier alpha value is -2.34. The van der Waals surface area contributed by atoms with Crippen molar-refractivity contribution in [2.24, 2.45) is 0 Å². The molecule has 0 saturated heterocycles. The van der Waals surface area contributed by atoms with Crippen LogP contribution in [0.25, 0.3) is 0 Å². The molecular formula is C23H25Cl2N3O2. The molecule has 7 heteroatoms. The molecule has 30 heavy (non-hydrogen) atoms. The van der Waals surface area contributed by atoms with Gasteiger partial charge in [0, 0.05) is 29.9 Å². The summed E-state index contributed by atoms with van der Waals surface area (Å²) < 4.78 is 0. The van der Waals surface area contributed by atoms with Crippen LogP contribution in [0.3, 0.4) is 0 Å². The van der Waals surface area contributed by atoms with Crippen molar-refractivity contribution in [2.45, 2.75) is 19.3 Å². The molecule has 2 aromatic carbocycles. The molecule has 0 unspecified atom stereocenters. The van der Waals surface area contributed by atoms with Gasteiger partial charge in [0.1, 0.15) is 0 Å². The van der Waals surface area contributed by atoms with Gasteiger partial charge >= 0.3 is 0 Å². The van der Waals surface area contributed by atoms with Gasteiger partial charge in [0.2, 0.25) is 5.91 Å². The second-order valence-corrected chi connectivity index (χ2v) is 8.83. The largest absolute Gasteiger partial charge is 0.347 e. The zero-order valence-electron chi connectivity index (χ0n) is 17.5. The van der Waals surface area contributed by atoms with Gasteiger partial charge in [-0.2, -0.15) is 0 Å². The molecular weight excluding hydrogens is 421 g/mol. The van der Waals surface area contributed by atoms with Crippen LogP contribution in [0.2, 0.25) is 10.0 Å². The lowest BCUT2D eigenvalue weighted by Crippen LogP contribution is -2.34. The van der Waals surface area contributed by atoms with Crippen molar-refractivity contribution in [2.75, 3.05) is 37.4 Å². The van der Waals surface area contributed by atoms with Gasteiger partial charge in [-0.1, -0.05) is 61.3 Å². The molecule has 1 N–H and O–H groups in total. The molecule has 0 aromatic heterocycles. The average Bonchev–Trinajstić information content (AvgIpc) is 2.86. The molecule has 0 bridgehead atoms. The van der Waals surface area contributed by atoms with E-state index in [2.05, 4.69) is 36.2 Å². The molecule has 3 rings (SSSR count). The smallest absolute Gasteiger partial charge is 0.238 e. The standard InChI is InChI=1S/C23H25Cl2N3O2/c1-23(2)16-8-5-6-11-19(16)28(4)20(23)12-15(29)13-27(3)14-21(30)26-22-17(24)9-7-10-18(22)25/h5-12H,13-14H2,1-4H3,(H,26,30)/b20-12+.